The first kappa shape index (κ1) is 26.2. The lowest BCUT2D eigenvalue weighted by atomic mass is 9.80. The molecule has 4 rings (SSSR count). The number of methoxy groups -OCH3 is 1. The van der Waals surface area contributed by atoms with Crippen molar-refractivity contribution in [3.8, 4) is 17.6 Å². The van der Waals surface area contributed by atoms with E-state index in [-0.39, 0.29) is 5.92 Å². The van der Waals surface area contributed by atoms with Gasteiger partial charge in [-0.05, 0) is 40.3 Å². The molecule has 0 saturated heterocycles. The van der Waals surface area contributed by atoms with Crippen LogP contribution in [0.4, 0.5) is 0 Å². The first-order chi connectivity index (χ1) is 18.2. The molecule has 0 N–H and O–H groups in total. The first-order valence-electron chi connectivity index (χ1n) is 12.7. The Hall–Kier alpha value is -3.84. The molecule has 0 aromatic heterocycles. The normalized spacial score (nSPS) is 11.8. The van der Waals surface area contributed by atoms with E-state index >= 15 is 0 Å². The smallest absolute Gasteiger partial charge is 0.143 e. The van der Waals surface area contributed by atoms with Gasteiger partial charge in [-0.1, -0.05) is 116 Å². The molecule has 0 heterocycles. The molecule has 0 bridgehead atoms. The molecular weight excluding hydrogens is 456 g/mol. The van der Waals surface area contributed by atoms with Gasteiger partial charge in [0.2, 0.25) is 0 Å². The van der Waals surface area contributed by atoms with Crippen LogP contribution < -0.4 is 4.74 Å². The Balaban J connectivity index is 1.42. The predicted octanol–water partition coefficient (Wildman–Crippen LogP) is 7.25. The van der Waals surface area contributed by atoms with E-state index in [1.807, 2.05) is 42.5 Å². The van der Waals surface area contributed by atoms with Gasteiger partial charge < -0.3 is 14.2 Å². The van der Waals surface area contributed by atoms with E-state index in [9.17, 15) is 0 Å². The van der Waals surface area contributed by atoms with E-state index in [1.54, 1.807) is 7.11 Å². The van der Waals surface area contributed by atoms with Crippen LogP contribution in [0.25, 0.3) is 0 Å². The average Bonchev–Trinajstić information content (AvgIpc) is 2.97. The van der Waals surface area contributed by atoms with Gasteiger partial charge in [-0.2, -0.15) is 0 Å². The van der Waals surface area contributed by atoms with Crippen LogP contribution in [-0.4, -0.2) is 20.3 Å². The van der Waals surface area contributed by atoms with Crippen molar-refractivity contribution >= 4 is 0 Å². The summed E-state index contributed by atoms with van der Waals surface area (Å²) in [5, 5.41) is 0. The molecule has 0 aliphatic carbocycles. The van der Waals surface area contributed by atoms with Gasteiger partial charge in [0.1, 0.15) is 18.0 Å². The fourth-order valence-corrected chi connectivity index (χ4v) is 4.33. The van der Waals surface area contributed by atoms with E-state index in [0.29, 0.717) is 19.8 Å². The van der Waals surface area contributed by atoms with Crippen molar-refractivity contribution in [1.29, 1.82) is 0 Å². The Bertz CT molecular complexity index is 1160. The molecular formula is C34H34O3. The van der Waals surface area contributed by atoms with Crippen molar-refractivity contribution in [3.63, 3.8) is 0 Å². The molecule has 0 unspecified atom stereocenters. The highest BCUT2D eigenvalue weighted by atomic mass is 16.5. The maximum absolute atomic E-state index is 6.90. The Morgan fingerprint density at radius 3 is 1.68 bits per heavy atom. The molecule has 0 fully saturated rings. The lowest BCUT2D eigenvalue weighted by Gasteiger charge is -2.36. The van der Waals surface area contributed by atoms with Crippen LogP contribution in [0.15, 0.2) is 115 Å². The summed E-state index contributed by atoms with van der Waals surface area (Å²) >= 11 is 0. The topological polar surface area (TPSA) is 27.7 Å². The quantitative estimate of drug-likeness (QED) is 0.126. The summed E-state index contributed by atoms with van der Waals surface area (Å²) < 4.78 is 17.8. The predicted molar refractivity (Wildman–Crippen MR) is 149 cm³/mol. The van der Waals surface area contributed by atoms with Gasteiger partial charge in [0.25, 0.3) is 0 Å². The molecule has 0 aliphatic rings. The highest BCUT2D eigenvalue weighted by Gasteiger charge is 2.37. The average molecular weight is 491 g/mol. The van der Waals surface area contributed by atoms with Crippen molar-refractivity contribution in [3.05, 3.63) is 138 Å². The third-order valence-electron chi connectivity index (χ3n) is 6.30. The molecule has 3 nitrogen and oxygen atoms in total. The second kappa shape index (κ2) is 13.5. The summed E-state index contributed by atoms with van der Waals surface area (Å²) in [5.41, 5.74) is 3.73. The van der Waals surface area contributed by atoms with Gasteiger partial charge in [-0.3, -0.25) is 0 Å². The zero-order valence-corrected chi connectivity index (χ0v) is 21.6. The number of ether oxygens (including phenoxy) is 3. The molecule has 188 valence electrons. The van der Waals surface area contributed by atoms with Crippen molar-refractivity contribution in [2.75, 3.05) is 20.3 Å². The molecule has 0 amide bonds. The standard InChI is InChI=1S/C34H34O3/c1-28(14-12-13-25-36-27-29-21-23-33(35-2)24-22-29)26-37-34(30-15-6-3-7-16-30,31-17-8-4-9-18-31)32-19-10-5-11-20-32/h3-11,15-24,28H,14,25-27H2,1-2H3/t28-/m1/s1. The van der Waals surface area contributed by atoms with Crippen LogP contribution in [0.1, 0.15) is 35.6 Å². The second-order valence-corrected chi connectivity index (χ2v) is 9.09. The minimum absolute atomic E-state index is 0.254. The maximum Gasteiger partial charge on any atom is 0.143 e. The molecule has 1 atom stereocenters. The number of benzene rings is 4. The minimum Gasteiger partial charge on any atom is -0.497 e. The van der Waals surface area contributed by atoms with Gasteiger partial charge in [0.05, 0.1) is 20.3 Å². The number of hydrogen-bond donors (Lipinski definition) is 0. The van der Waals surface area contributed by atoms with Gasteiger partial charge >= 0.3 is 0 Å². The van der Waals surface area contributed by atoms with E-state index in [2.05, 4.69) is 91.6 Å². The molecule has 0 spiro atoms. The van der Waals surface area contributed by atoms with Crippen LogP contribution in [0.3, 0.4) is 0 Å². The zero-order valence-electron chi connectivity index (χ0n) is 21.6. The maximum atomic E-state index is 6.90. The van der Waals surface area contributed by atoms with Crippen LogP contribution in [0.2, 0.25) is 0 Å². The molecule has 0 aliphatic heterocycles. The van der Waals surface area contributed by atoms with Crippen LogP contribution in [0, 0.1) is 17.8 Å². The Morgan fingerprint density at radius 1 is 0.676 bits per heavy atom. The Labute approximate surface area is 221 Å². The highest BCUT2D eigenvalue weighted by Crippen LogP contribution is 2.40. The molecule has 0 radical (unpaired) electrons. The Morgan fingerprint density at radius 2 is 1.19 bits per heavy atom. The number of rotatable bonds is 11. The monoisotopic (exact) mass is 490 g/mol. The second-order valence-electron chi connectivity index (χ2n) is 9.09. The van der Waals surface area contributed by atoms with Crippen molar-refractivity contribution in [2.24, 2.45) is 5.92 Å². The highest BCUT2D eigenvalue weighted by molar-refractivity contribution is 5.47. The third kappa shape index (κ3) is 6.89. The van der Waals surface area contributed by atoms with Gasteiger partial charge in [-0.25, -0.2) is 0 Å². The van der Waals surface area contributed by atoms with E-state index < -0.39 is 5.60 Å². The summed E-state index contributed by atoms with van der Waals surface area (Å²) in [6.07, 6.45) is 0.736. The summed E-state index contributed by atoms with van der Waals surface area (Å²) in [5.74, 6) is 7.52. The number of hydrogen-bond acceptors (Lipinski definition) is 3. The SMILES string of the molecule is COc1ccc(COCC#CC[C@@H](C)COC(c2ccccc2)(c2ccccc2)c2ccccc2)cc1. The van der Waals surface area contributed by atoms with Crippen molar-refractivity contribution < 1.29 is 14.2 Å². The summed E-state index contributed by atoms with van der Waals surface area (Å²) in [7, 11) is 1.66. The third-order valence-corrected chi connectivity index (χ3v) is 6.30. The lowest BCUT2D eigenvalue weighted by molar-refractivity contribution is -0.00443. The fourth-order valence-electron chi connectivity index (χ4n) is 4.33. The summed E-state index contributed by atoms with van der Waals surface area (Å²) in [6, 6.07) is 39.3. The van der Waals surface area contributed by atoms with E-state index in [1.165, 1.54) is 0 Å². The summed E-state index contributed by atoms with van der Waals surface area (Å²) in [4.78, 5) is 0. The van der Waals surface area contributed by atoms with Gasteiger partial charge in [0.15, 0.2) is 0 Å². The molecule has 4 aromatic rings. The van der Waals surface area contributed by atoms with E-state index in [0.717, 1.165) is 34.4 Å². The Kier molecular flexibility index (Phi) is 9.54. The molecule has 37 heavy (non-hydrogen) atoms. The van der Waals surface area contributed by atoms with E-state index in [4.69, 9.17) is 14.2 Å². The van der Waals surface area contributed by atoms with Gasteiger partial charge in [-0.15, -0.1) is 5.92 Å². The molecule has 4 aromatic carbocycles. The van der Waals surface area contributed by atoms with Crippen LogP contribution in [0.5, 0.6) is 5.75 Å². The lowest BCUT2D eigenvalue weighted by Crippen LogP contribution is -2.34. The molecule has 3 heteroatoms. The van der Waals surface area contributed by atoms with Gasteiger partial charge in [0, 0.05) is 6.42 Å². The minimum atomic E-state index is -0.701. The zero-order chi connectivity index (χ0) is 25.8. The fraction of sp³-hybridized carbons (Fsp3) is 0.235. The first-order valence-corrected chi connectivity index (χ1v) is 12.7. The van der Waals surface area contributed by atoms with Crippen molar-refractivity contribution in [2.45, 2.75) is 25.6 Å². The largest absolute Gasteiger partial charge is 0.497 e. The summed E-state index contributed by atoms with van der Waals surface area (Å²) in [6.45, 7) is 3.69. The molecule has 0 saturated carbocycles. The van der Waals surface area contributed by atoms with Crippen LogP contribution >= 0.6 is 0 Å². The van der Waals surface area contributed by atoms with Crippen molar-refractivity contribution in [1.82, 2.24) is 0 Å². The van der Waals surface area contributed by atoms with Crippen LogP contribution in [-0.2, 0) is 21.7 Å².